The molecule has 8 nitrogen and oxygen atoms in total. The molecule has 0 saturated carbocycles. The molecule has 1 amide bonds. The summed E-state index contributed by atoms with van der Waals surface area (Å²) in [5, 5.41) is 14.2. The molecule has 0 fully saturated rings. The largest absolute Gasteiger partial charge is 0.452 e. The standard InChI is InChI=1S/C22H21N3O5/c1-13(2)19-11-16(15-6-4-5-7-17(15)23-19)22(27)30-12-21(26)24-18-9-8-14(3)10-20(18)25(28)29/h4-11,13H,12H2,1-3H3,(H,24,26). The van der Waals surface area contributed by atoms with Gasteiger partial charge in [0.25, 0.3) is 11.6 Å². The Bertz CT molecular complexity index is 1140. The maximum absolute atomic E-state index is 12.7. The van der Waals surface area contributed by atoms with Crippen LogP contribution in [0.5, 0.6) is 0 Å². The second-order valence-corrected chi connectivity index (χ2v) is 7.17. The second-order valence-electron chi connectivity index (χ2n) is 7.17. The Hall–Kier alpha value is -3.81. The summed E-state index contributed by atoms with van der Waals surface area (Å²) in [6.07, 6.45) is 0. The molecule has 3 aromatic rings. The minimum Gasteiger partial charge on any atom is -0.452 e. The van der Waals surface area contributed by atoms with E-state index in [0.717, 1.165) is 5.69 Å². The topological polar surface area (TPSA) is 111 Å². The monoisotopic (exact) mass is 407 g/mol. The average Bonchev–Trinajstić information content (AvgIpc) is 2.72. The van der Waals surface area contributed by atoms with Crippen molar-refractivity contribution in [2.45, 2.75) is 26.7 Å². The van der Waals surface area contributed by atoms with Crippen molar-refractivity contribution in [2.24, 2.45) is 0 Å². The minimum atomic E-state index is -0.669. The van der Waals surface area contributed by atoms with Crippen LogP contribution in [0, 0.1) is 17.0 Å². The molecule has 1 N–H and O–H groups in total. The van der Waals surface area contributed by atoms with Gasteiger partial charge in [-0.2, -0.15) is 0 Å². The Kier molecular flexibility index (Phi) is 6.06. The van der Waals surface area contributed by atoms with Crippen molar-refractivity contribution in [3.8, 4) is 0 Å². The number of aryl methyl sites for hydroxylation is 1. The molecule has 0 radical (unpaired) electrons. The molecule has 0 aliphatic carbocycles. The zero-order valence-corrected chi connectivity index (χ0v) is 16.8. The van der Waals surface area contributed by atoms with Gasteiger partial charge in [0.2, 0.25) is 0 Å². The molecule has 0 spiro atoms. The van der Waals surface area contributed by atoms with E-state index in [0.29, 0.717) is 22.0 Å². The minimum absolute atomic E-state index is 0.0445. The fourth-order valence-electron chi connectivity index (χ4n) is 2.95. The summed E-state index contributed by atoms with van der Waals surface area (Å²) >= 11 is 0. The highest BCUT2D eigenvalue weighted by molar-refractivity contribution is 6.04. The molecule has 0 aliphatic heterocycles. The van der Waals surface area contributed by atoms with Crippen molar-refractivity contribution < 1.29 is 19.2 Å². The lowest BCUT2D eigenvalue weighted by molar-refractivity contribution is -0.384. The van der Waals surface area contributed by atoms with Crippen LogP contribution in [0.15, 0.2) is 48.5 Å². The van der Waals surface area contributed by atoms with Crippen LogP contribution in [0.1, 0.15) is 41.4 Å². The van der Waals surface area contributed by atoms with Gasteiger partial charge in [-0.15, -0.1) is 0 Å². The number of benzene rings is 2. The van der Waals surface area contributed by atoms with Crippen molar-refractivity contribution in [3.63, 3.8) is 0 Å². The molecule has 1 heterocycles. The molecule has 154 valence electrons. The molecule has 0 aliphatic rings. The number of rotatable bonds is 6. The first-order chi connectivity index (χ1) is 14.3. The number of hydrogen-bond donors (Lipinski definition) is 1. The molecule has 30 heavy (non-hydrogen) atoms. The van der Waals surface area contributed by atoms with Crippen LogP contribution < -0.4 is 5.32 Å². The fraction of sp³-hybridized carbons (Fsp3) is 0.227. The van der Waals surface area contributed by atoms with Gasteiger partial charge in [-0.05, 0) is 36.6 Å². The Balaban J connectivity index is 1.76. The highest BCUT2D eigenvalue weighted by atomic mass is 16.6. The third kappa shape index (κ3) is 4.60. The number of ether oxygens (including phenoxy) is 1. The SMILES string of the molecule is Cc1ccc(NC(=O)COC(=O)c2cc(C(C)C)nc3ccccc23)c([N+](=O)[O-])c1. The number of nitrogens with zero attached hydrogens (tertiary/aromatic N) is 2. The van der Waals surface area contributed by atoms with Gasteiger partial charge < -0.3 is 10.1 Å². The molecule has 3 rings (SSSR count). The molecule has 2 aromatic carbocycles. The van der Waals surface area contributed by atoms with E-state index in [1.54, 1.807) is 37.3 Å². The zero-order valence-electron chi connectivity index (χ0n) is 16.8. The zero-order chi connectivity index (χ0) is 21.8. The lowest BCUT2D eigenvalue weighted by Gasteiger charge is -2.12. The molecular weight excluding hydrogens is 386 g/mol. The summed E-state index contributed by atoms with van der Waals surface area (Å²) in [4.78, 5) is 40.0. The summed E-state index contributed by atoms with van der Waals surface area (Å²) in [7, 11) is 0. The smallest absolute Gasteiger partial charge is 0.339 e. The molecule has 0 atom stereocenters. The molecule has 1 aromatic heterocycles. The summed E-state index contributed by atoms with van der Waals surface area (Å²) in [6, 6.07) is 13.3. The van der Waals surface area contributed by atoms with E-state index in [9.17, 15) is 19.7 Å². The number of carbonyl (C=O) groups excluding carboxylic acids is 2. The van der Waals surface area contributed by atoms with Crippen molar-refractivity contribution in [2.75, 3.05) is 11.9 Å². The van der Waals surface area contributed by atoms with Gasteiger partial charge in [-0.1, -0.05) is 38.1 Å². The number of nitrogens with one attached hydrogen (secondary N) is 1. The second kappa shape index (κ2) is 8.69. The normalized spacial score (nSPS) is 10.8. The Morgan fingerprint density at radius 3 is 2.60 bits per heavy atom. The lowest BCUT2D eigenvalue weighted by atomic mass is 10.0. The predicted octanol–water partition coefficient (Wildman–Crippen LogP) is 4.37. The summed E-state index contributed by atoms with van der Waals surface area (Å²) in [5.74, 6) is -1.23. The number of aromatic nitrogens is 1. The molecule has 0 saturated heterocycles. The molecule has 8 heteroatoms. The van der Waals surface area contributed by atoms with Crippen molar-refractivity contribution in [1.82, 2.24) is 4.98 Å². The number of anilines is 1. The highest BCUT2D eigenvalue weighted by Crippen LogP contribution is 2.26. The van der Waals surface area contributed by atoms with Gasteiger partial charge in [0, 0.05) is 17.1 Å². The van der Waals surface area contributed by atoms with Crippen LogP contribution in [-0.4, -0.2) is 28.4 Å². The number of para-hydroxylation sites is 1. The maximum atomic E-state index is 12.7. The van der Waals surface area contributed by atoms with E-state index < -0.39 is 23.4 Å². The van der Waals surface area contributed by atoms with E-state index in [4.69, 9.17) is 4.74 Å². The van der Waals surface area contributed by atoms with Gasteiger partial charge in [0.05, 0.1) is 16.0 Å². The summed E-state index contributed by atoms with van der Waals surface area (Å²) < 4.78 is 5.18. The van der Waals surface area contributed by atoms with Gasteiger partial charge in [0.1, 0.15) is 5.69 Å². The predicted molar refractivity (Wildman–Crippen MR) is 113 cm³/mol. The number of esters is 1. The van der Waals surface area contributed by atoms with Crippen LogP contribution in [-0.2, 0) is 9.53 Å². The Morgan fingerprint density at radius 1 is 1.17 bits per heavy atom. The van der Waals surface area contributed by atoms with E-state index in [1.165, 1.54) is 12.1 Å². The summed E-state index contributed by atoms with van der Waals surface area (Å²) in [6.45, 7) is 5.07. The van der Waals surface area contributed by atoms with E-state index >= 15 is 0 Å². The van der Waals surface area contributed by atoms with E-state index in [2.05, 4.69) is 10.3 Å². The van der Waals surface area contributed by atoms with Crippen LogP contribution in [0.4, 0.5) is 11.4 Å². The number of pyridine rings is 1. The van der Waals surface area contributed by atoms with Gasteiger partial charge in [-0.25, -0.2) is 4.79 Å². The Morgan fingerprint density at radius 2 is 1.90 bits per heavy atom. The maximum Gasteiger partial charge on any atom is 0.339 e. The van der Waals surface area contributed by atoms with Crippen LogP contribution in [0.3, 0.4) is 0 Å². The quantitative estimate of drug-likeness (QED) is 0.369. The molecule has 0 bridgehead atoms. The molecular formula is C22H21N3O5. The van der Waals surface area contributed by atoms with Crippen molar-refractivity contribution >= 4 is 34.2 Å². The Labute approximate surface area is 173 Å². The van der Waals surface area contributed by atoms with Gasteiger partial charge >= 0.3 is 5.97 Å². The highest BCUT2D eigenvalue weighted by Gasteiger charge is 2.19. The van der Waals surface area contributed by atoms with Gasteiger partial charge in [0.15, 0.2) is 6.61 Å². The number of hydrogen-bond acceptors (Lipinski definition) is 6. The third-order valence-electron chi connectivity index (χ3n) is 4.51. The fourth-order valence-corrected chi connectivity index (χ4v) is 2.95. The lowest BCUT2D eigenvalue weighted by Crippen LogP contribution is -2.21. The number of nitro groups is 1. The first-order valence-electron chi connectivity index (χ1n) is 9.38. The number of nitro benzene ring substituents is 1. The average molecular weight is 407 g/mol. The van der Waals surface area contributed by atoms with E-state index in [-0.39, 0.29) is 17.3 Å². The number of fused-ring (bicyclic) bond motifs is 1. The number of carbonyl (C=O) groups is 2. The number of amides is 1. The third-order valence-corrected chi connectivity index (χ3v) is 4.51. The first kappa shape index (κ1) is 20.9. The van der Waals surface area contributed by atoms with Crippen molar-refractivity contribution in [1.29, 1.82) is 0 Å². The molecule has 0 unspecified atom stereocenters. The van der Waals surface area contributed by atoms with E-state index in [1.807, 2.05) is 19.9 Å². The summed E-state index contributed by atoms with van der Waals surface area (Å²) in [5.41, 5.74) is 2.23. The van der Waals surface area contributed by atoms with Crippen LogP contribution >= 0.6 is 0 Å². The van der Waals surface area contributed by atoms with Crippen LogP contribution in [0.2, 0.25) is 0 Å². The van der Waals surface area contributed by atoms with Crippen molar-refractivity contribution in [3.05, 3.63) is 75.5 Å². The van der Waals surface area contributed by atoms with Gasteiger partial charge in [-0.3, -0.25) is 19.9 Å². The first-order valence-corrected chi connectivity index (χ1v) is 9.38. The van der Waals surface area contributed by atoms with Crippen LogP contribution in [0.25, 0.3) is 10.9 Å².